The second-order valence-electron chi connectivity index (χ2n) is 4.14. The van der Waals surface area contributed by atoms with E-state index < -0.39 is 17.4 Å². The van der Waals surface area contributed by atoms with E-state index in [1.807, 2.05) is 13.8 Å². The Hall–Kier alpha value is -1.65. The van der Waals surface area contributed by atoms with Crippen molar-refractivity contribution in [3.8, 4) is 0 Å². The van der Waals surface area contributed by atoms with Crippen LogP contribution in [0.1, 0.15) is 47.0 Å². The van der Waals surface area contributed by atoms with E-state index >= 15 is 0 Å². The third kappa shape index (κ3) is 4.18. The highest BCUT2D eigenvalue weighted by Crippen LogP contribution is 2.38. The van der Waals surface area contributed by atoms with Gasteiger partial charge in [-0.2, -0.15) is 0 Å². The topological polar surface area (TPSA) is 69.7 Å². The monoisotopic (exact) mass is 284 g/mol. The Morgan fingerprint density at radius 3 is 2.10 bits per heavy atom. The molecule has 5 heteroatoms. The molecule has 0 aromatic rings. The van der Waals surface area contributed by atoms with E-state index in [0.29, 0.717) is 24.7 Å². The highest BCUT2D eigenvalue weighted by atomic mass is 16.6. The van der Waals surface area contributed by atoms with E-state index in [1.54, 1.807) is 19.9 Å². The molecule has 0 heterocycles. The van der Waals surface area contributed by atoms with Crippen molar-refractivity contribution in [2.24, 2.45) is 5.41 Å². The van der Waals surface area contributed by atoms with Crippen LogP contribution in [-0.4, -0.2) is 31.4 Å². The molecule has 5 nitrogen and oxygen atoms in total. The SMILES string of the molecule is CC.CCOC(=O)C1(C(=O)OCC)CCC=C(C=O)C1. The summed E-state index contributed by atoms with van der Waals surface area (Å²) in [5.74, 6) is -1.20. The first-order chi connectivity index (χ1) is 9.60. The van der Waals surface area contributed by atoms with Crippen LogP contribution in [0.25, 0.3) is 0 Å². The normalized spacial score (nSPS) is 16.1. The second-order valence-corrected chi connectivity index (χ2v) is 4.14. The van der Waals surface area contributed by atoms with Crippen molar-refractivity contribution in [1.29, 1.82) is 0 Å². The van der Waals surface area contributed by atoms with Crippen LogP contribution in [0.2, 0.25) is 0 Å². The van der Waals surface area contributed by atoms with Gasteiger partial charge in [-0.3, -0.25) is 14.4 Å². The summed E-state index contributed by atoms with van der Waals surface area (Å²) >= 11 is 0. The van der Waals surface area contributed by atoms with Gasteiger partial charge in [0.15, 0.2) is 5.41 Å². The van der Waals surface area contributed by atoms with E-state index in [0.717, 1.165) is 0 Å². The second kappa shape index (κ2) is 9.28. The molecule has 0 aliphatic heterocycles. The Morgan fingerprint density at radius 2 is 1.70 bits per heavy atom. The van der Waals surface area contributed by atoms with Crippen molar-refractivity contribution in [3.63, 3.8) is 0 Å². The molecule has 0 atom stereocenters. The molecule has 0 amide bonds. The molecule has 0 N–H and O–H groups in total. The van der Waals surface area contributed by atoms with Crippen molar-refractivity contribution in [1.82, 2.24) is 0 Å². The Bertz CT molecular complexity index is 352. The number of hydrogen-bond acceptors (Lipinski definition) is 5. The van der Waals surface area contributed by atoms with Gasteiger partial charge in [-0.05, 0) is 32.3 Å². The molecule has 0 radical (unpaired) electrons. The van der Waals surface area contributed by atoms with Crippen LogP contribution >= 0.6 is 0 Å². The van der Waals surface area contributed by atoms with Gasteiger partial charge < -0.3 is 9.47 Å². The average Bonchev–Trinajstić information content (AvgIpc) is 2.49. The fourth-order valence-corrected chi connectivity index (χ4v) is 2.07. The third-order valence-electron chi connectivity index (χ3n) is 2.97. The first-order valence-electron chi connectivity index (χ1n) is 7.09. The van der Waals surface area contributed by atoms with E-state index in [4.69, 9.17) is 9.47 Å². The third-order valence-corrected chi connectivity index (χ3v) is 2.97. The van der Waals surface area contributed by atoms with Gasteiger partial charge in [0.2, 0.25) is 0 Å². The maximum absolute atomic E-state index is 12.0. The predicted molar refractivity (Wildman–Crippen MR) is 75.0 cm³/mol. The lowest BCUT2D eigenvalue weighted by atomic mass is 9.74. The molecule has 1 aliphatic rings. The summed E-state index contributed by atoms with van der Waals surface area (Å²) < 4.78 is 9.92. The molecule has 0 fully saturated rings. The van der Waals surface area contributed by atoms with E-state index in [9.17, 15) is 14.4 Å². The Kier molecular flexibility index (Phi) is 8.52. The molecule has 1 aliphatic carbocycles. The summed E-state index contributed by atoms with van der Waals surface area (Å²) in [7, 11) is 0. The number of carbonyl (C=O) groups excluding carboxylic acids is 3. The van der Waals surface area contributed by atoms with Crippen LogP contribution in [0.15, 0.2) is 11.6 Å². The van der Waals surface area contributed by atoms with E-state index in [-0.39, 0.29) is 19.6 Å². The van der Waals surface area contributed by atoms with Gasteiger partial charge in [0.05, 0.1) is 13.2 Å². The fraction of sp³-hybridized carbons (Fsp3) is 0.667. The van der Waals surface area contributed by atoms with E-state index in [2.05, 4.69) is 0 Å². The molecule has 0 bridgehead atoms. The summed E-state index contributed by atoms with van der Waals surface area (Å²) in [6.07, 6.45) is 3.29. The Morgan fingerprint density at radius 1 is 1.20 bits per heavy atom. The van der Waals surface area contributed by atoms with Crippen LogP contribution in [0, 0.1) is 5.41 Å². The minimum atomic E-state index is -1.35. The van der Waals surface area contributed by atoms with Crippen LogP contribution in [0.4, 0.5) is 0 Å². The van der Waals surface area contributed by atoms with Gasteiger partial charge in [0, 0.05) is 6.42 Å². The first kappa shape index (κ1) is 18.4. The van der Waals surface area contributed by atoms with Crippen molar-refractivity contribution >= 4 is 18.2 Å². The number of hydrogen-bond donors (Lipinski definition) is 0. The van der Waals surface area contributed by atoms with Gasteiger partial charge >= 0.3 is 11.9 Å². The molecule has 0 saturated heterocycles. The number of ether oxygens (including phenoxy) is 2. The number of carbonyl (C=O) groups is 3. The minimum absolute atomic E-state index is 0.0637. The van der Waals surface area contributed by atoms with Gasteiger partial charge in [0.25, 0.3) is 0 Å². The van der Waals surface area contributed by atoms with Crippen molar-refractivity contribution < 1.29 is 23.9 Å². The predicted octanol–water partition coefficient (Wildman–Crippen LogP) is 2.43. The molecule has 0 aromatic heterocycles. The fourth-order valence-electron chi connectivity index (χ4n) is 2.07. The minimum Gasteiger partial charge on any atom is -0.465 e. The molecular weight excluding hydrogens is 260 g/mol. The van der Waals surface area contributed by atoms with Crippen LogP contribution in [-0.2, 0) is 23.9 Å². The molecule has 114 valence electrons. The molecule has 0 aromatic carbocycles. The lowest BCUT2D eigenvalue weighted by Crippen LogP contribution is -2.43. The Balaban J connectivity index is 0.00000172. The summed E-state index contributed by atoms with van der Waals surface area (Å²) in [5, 5.41) is 0. The van der Waals surface area contributed by atoms with Crippen LogP contribution in [0.5, 0.6) is 0 Å². The molecule has 1 rings (SSSR count). The molecule has 0 unspecified atom stereocenters. The van der Waals surface area contributed by atoms with Crippen molar-refractivity contribution in [2.45, 2.75) is 47.0 Å². The van der Waals surface area contributed by atoms with Crippen LogP contribution in [0.3, 0.4) is 0 Å². The quantitative estimate of drug-likeness (QED) is 0.440. The van der Waals surface area contributed by atoms with Gasteiger partial charge in [-0.1, -0.05) is 19.9 Å². The zero-order valence-electron chi connectivity index (χ0n) is 12.7. The number of allylic oxidation sites excluding steroid dienone is 2. The maximum Gasteiger partial charge on any atom is 0.323 e. The largest absolute Gasteiger partial charge is 0.465 e. The van der Waals surface area contributed by atoms with Crippen molar-refractivity contribution in [3.05, 3.63) is 11.6 Å². The molecule has 20 heavy (non-hydrogen) atoms. The average molecular weight is 284 g/mol. The maximum atomic E-state index is 12.0. The zero-order valence-corrected chi connectivity index (χ0v) is 12.7. The smallest absolute Gasteiger partial charge is 0.323 e. The van der Waals surface area contributed by atoms with E-state index in [1.165, 1.54) is 0 Å². The summed E-state index contributed by atoms with van der Waals surface area (Å²) in [6.45, 7) is 7.74. The highest BCUT2D eigenvalue weighted by Gasteiger charge is 2.50. The number of esters is 2. The van der Waals surface area contributed by atoms with Gasteiger partial charge in [0.1, 0.15) is 6.29 Å². The Labute approximate surface area is 120 Å². The lowest BCUT2D eigenvalue weighted by Gasteiger charge is -2.31. The zero-order chi connectivity index (χ0) is 15.6. The lowest BCUT2D eigenvalue weighted by molar-refractivity contribution is -0.173. The highest BCUT2D eigenvalue weighted by molar-refractivity contribution is 6.01. The first-order valence-corrected chi connectivity index (χ1v) is 7.09. The standard InChI is InChI=1S/C13H18O5.C2H6/c1-3-17-11(15)13(12(16)18-4-2)7-5-6-10(8-13)9-14;1-2/h6,9H,3-5,7-8H2,1-2H3;1-2H3. The number of aldehydes is 1. The summed E-state index contributed by atoms with van der Waals surface area (Å²) in [5.41, 5.74) is -0.904. The molecule has 0 spiro atoms. The van der Waals surface area contributed by atoms with Gasteiger partial charge in [-0.25, -0.2) is 0 Å². The number of rotatable bonds is 5. The summed E-state index contributed by atoms with van der Waals surface area (Å²) in [4.78, 5) is 34.9. The molecular formula is C15H24O5. The van der Waals surface area contributed by atoms with Gasteiger partial charge in [-0.15, -0.1) is 0 Å². The van der Waals surface area contributed by atoms with Crippen LogP contribution < -0.4 is 0 Å². The van der Waals surface area contributed by atoms with Crippen molar-refractivity contribution in [2.75, 3.05) is 13.2 Å². The summed E-state index contributed by atoms with van der Waals surface area (Å²) in [6, 6.07) is 0. The molecule has 0 saturated carbocycles.